The number of anilines is 1. The number of hydrogen-bond acceptors (Lipinski definition) is 3. The fourth-order valence-corrected chi connectivity index (χ4v) is 1.78. The molecule has 0 saturated heterocycles. The van der Waals surface area contributed by atoms with E-state index in [0.717, 1.165) is 25.2 Å². The highest BCUT2D eigenvalue weighted by Gasteiger charge is 2.12. The molecule has 0 atom stereocenters. The number of hydrogen-bond donors (Lipinski definition) is 1. The molecule has 0 fully saturated rings. The molecular weight excluding hydrogens is 222 g/mol. The Hall–Kier alpha value is -0.800. The van der Waals surface area contributed by atoms with Crippen LogP contribution in [0.15, 0.2) is 12.1 Å². The van der Waals surface area contributed by atoms with Crippen LogP contribution in [0.4, 0.5) is 5.82 Å². The summed E-state index contributed by atoms with van der Waals surface area (Å²) in [6, 6.07) is 4.02. The summed E-state index contributed by atoms with van der Waals surface area (Å²) in [5, 5.41) is 0.691. The predicted octanol–water partition coefficient (Wildman–Crippen LogP) is 2.94. The van der Waals surface area contributed by atoms with Gasteiger partial charge >= 0.3 is 0 Å². The van der Waals surface area contributed by atoms with Crippen LogP contribution in [0.1, 0.15) is 32.9 Å². The Morgan fingerprint density at radius 3 is 2.69 bits per heavy atom. The maximum absolute atomic E-state index is 6.10. The van der Waals surface area contributed by atoms with Gasteiger partial charge < -0.3 is 5.73 Å². The molecule has 0 spiro atoms. The normalized spacial score (nSPS) is 11.4. The van der Waals surface area contributed by atoms with E-state index < -0.39 is 0 Å². The fraction of sp³-hybridized carbons (Fsp3) is 0.583. The van der Waals surface area contributed by atoms with Crippen molar-refractivity contribution in [1.29, 1.82) is 0 Å². The van der Waals surface area contributed by atoms with Crippen molar-refractivity contribution in [1.82, 2.24) is 9.88 Å². The molecule has 1 heterocycles. The van der Waals surface area contributed by atoms with Crippen LogP contribution in [-0.4, -0.2) is 22.5 Å². The summed E-state index contributed by atoms with van der Waals surface area (Å²) in [5.41, 5.74) is 6.53. The van der Waals surface area contributed by atoms with Crippen LogP contribution in [0.3, 0.4) is 0 Å². The van der Waals surface area contributed by atoms with Crippen molar-refractivity contribution in [3.05, 3.63) is 22.8 Å². The first kappa shape index (κ1) is 13.3. The Morgan fingerprint density at radius 1 is 1.44 bits per heavy atom. The molecule has 4 heteroatoms. The largest absolute Gasteiger partial charge is 0.384 e. The summed E-state index contributed by atoms with van der Waals surface area (Å²) < 4.78 is 0. The first-order valence-electron chi connectivity index (χ1n) is 5.69. The Labute approximate surface area is 103 Å². The highest BCUT2D eigenvalue weighted by atomic mass is 35.5. The highest BCUT2D eigenvalue weighted by molar-refractivity contribution is 6.31. The number of nitrogens with zero attached hydrogens (tertiary/aromatic N) is 2. The van der Waals surface area contributed by atoms with Gasteiger partial charge in [0.05, 0.1) is 10.7 Å². The van der Waals surface area contributed by atoms with Crippen molar-refractivity contribution < 1.29 is 0 Å². The minimum atomic E-state index is 0.485. The van der Waals surface area contributed by atoms with E-state index in [1.54, 1.807) is 6.07 Å². The first-order chi connectivity index (χ1) is 7.54. The summed E-state index contributed by atoms with van der Waals surface area (Å²) in [6.07, 6.45) is 1.12. The van der Waals surface area contributed by atoms with E-state index >= 15 is 0 Å². The molecule has 0 radical (unpaired) electrons. The maximum atomic E-state index is 6.10. The van der Waals surface area contributed by atoms with Crippen molar-refractivity contribution in [3.8, 4) is 0 Å². The molecule has 3 nitrogen and oxygen atoms in total. The molecule has 0 aliphatic heterocycles. The summed E-state index contributed by atoms with van der Waals surface area (Å²) in [4.78, 5) is 6.62. The van der Waals surface area contributed by atoms with Crippen LogP contribution >= 0.6 is 11.6 Å². The molecule has 16 heavy (non-hydrogen) atoms. The Balaban J connectivity index is 2.80. The van der Waals surface area contributed by atoms with Gasteiger partial charge in [0, 0.05) is 12.6 Å². The standard InChI is InChI=1S/C12H20ClN3/c1-4-7-16(9(2)3)8-11-10(13)5-6-12(14)15-11/h5-6,9H,4,7-8H2,1-3H3,(H2,14,15). The van der Waals surface area contributed by atoms with Gasteiger partial charge in [-0.05, 0) is 38.9 Å². The van der Waals surface area contributed by atoms with Crippen LogP contribution in [0, 0.1) is 0 Å². The van der Waals surface area contributed by atoms with Gasteiger partial charge in [-0.1, -0.05) is 18.5 Å². The molecular formula is C12H20ClN3. The molecule has 0 aliphatic carbocycles. The number of pyridine rings is 1. The van der Waals surface area contributed by atoms with Crippen molar-refractivity contribution in [2.75, 3.05) is 12.3 Å². The minimum Gasteiger partial charge on any atom is -0.384 e. The molecule has 0 saturated carbocycles. The van der Waals surface area contributed by atoms with Gasteiger partial charge in [0.1, 0.15) is 5.82 Å². The van der Waals surface area contributed by atoms with Gasteiger partial charge in [-0.3, -0.25) is 4.90 Å². The molecule has 0 amide bonds. The monoisotopic (exact) mass is 241 g/mol. The lowest BCUT2D eigenvalue weighted by atomic mass is 10.2. The van der Waals surface area contributed by atoms with E-state index in [-0.39, 0.29) is 0 Å². The van der Waals surface area contributed by atoms with Gasteiger partial charge in [0.25, 0.3) is 0 Å². The maximum Gasteiger partial charge on any atom is 0.123 e. The average Bonchev–Trinajstić information content (AvgIpc) is 2.22. The number of nitrogen functional groups attached to an aromatic ring is 1. The second-order valence-electron chi connectivity index (χ2n) is 4.23. The molecule has 90 valence electrons. The third-order valence-corrected chi connectivity index (χ3v) is 2.88. The molecule has 0 bridgehead atoms. The molecule has 0 aromatic carbocycles. The smallest absolute Gasteiger partial charge is 0.123 e. The quantitative estimate of drug-likeness (QED) is 0.862. The topological polar surface area (TPSA) is 42.2 Å². The Morgan fingerprint density at radius 2 is 2.12 bits per heavy atom. The number of rotatable bonds is 5. The number of nitrogens with two attached hydrogens (primary N) is 1. The Bertz CT molecular complexity index is 339. The van der Waals surface area contributed by atoms with Crippen molar-refractivity contribution in [2.24, 2.45) is 0 Å². The molecule has 0 aliphatic rings. The Kier molecular flexibility index (Phi) is 5.03. The molecule has 2 N–H and O–H groups in total. The zero-order valence-corrected chi connectivity index (χ0v) is 11.0. The highest BCUT2D eigenvalue weighted by Crippen LogP contribution is 2.18. The SMILES string of the molecule is CCCN(Cc1nc(N)ccc1Cl)C(C)C. The fourth-order valence-electron chi connectivity index (χ4n) is 1.61. The van der Waals surface area contributed by atoms with E-state index in [9.17, 15) is 0 Å². The minimum absolute atomic E-state index is 0.485. The van der Waals surface area contributed by atoms with E-state index in [2.05, 4.69) is 30.7 Å². The van der Waals surface area contributed by atoms with Crippen LogP contribution in [0.2, 0.25) is 5.02 Å². The molecule has 0 unspecified atom stereocenters. The van der Waals surface area contributed by atoms with E-state index in [0.29, 0.717) is 16.9 Å². The molecule has 1 aromatic heterocycles. The predicted molar refractivity (Wildman–Crippen MR) is 69.5 cm³/mol. The lowest BCUT2D eigenvalue weighted by Crippen LogP contribution is -2.31. The lowest BCUT2D eigenvalue weighted by Gasteiger charge is -2.25. The van der Waals surface area contributed by atoms with Crippen LogP contribution in [-0.2, 0) is 6.54 Å². The van der Waals surface area contributed by atoms with Crippen molar-refractivity contribution >= 4 is 17.4 Å². The third kappa shape index (κ3) is 3.65. The summed E-state index contributed by atoms with van der Waals surface area (Å²) in [5.74, 6) is 0.527. The number of halogens is 1. The molecule has 1 aromatic rings. The second kappa shape index (κ2) is 6.06. The second-order valence-corrected chi connectivity index (χ2v) is 4.64. The lowest BCUT2D eigenvalue weighted by molar-refractivity contribution is 0.211. The molecule has 1 rings (SSSR count). The van der Waals surface area contributed by atoms with Gasteiger partial charge in [0.2, 0.25) is 0 Å². The van der Waals surface area contributed by atoms with Gasteiger partial charge in [-0.2, -0.15) is 0 Å². The van der Waals surface area contributed by atoms with Gasteiger partial charge in [-0.25, -0.2) is 4.98 Å². The average molecular weight is 242 g/mol. The van der Waals surface area contributed by atoms with E-state index in [1.165, 1.54) is 0 Å². The van der Waals surface area contributed by atoms with Crippen molar-refractivity contribution in [3.63, 3.8) is 0 Å². The number of aromatic nitrogens is 1. The van der Waals surface area contributed by atoms with Crippen LogP contribution in [0.25, 0.3) is 0 Å². The summed E-state index contributed by atoms with van der Waals surface area (Å²) >= 11 is 6.10. The van der Waals surface area contributed by atoms with Gasteiger partial charge in [-0.15, -0.1) is 0 Å². The van der Waals surface area contributed by atoms with Crippen molar-refractivity contribution in [2.45, 2.75) is 39.8 Å². The third-order valence-electron chi connectivity index (χ3n) is 2.53. The summed E-state index contributed by atoms with van der Waals surface area (Å²) in [7, 11) is 0. The van der Waals surface area contributed by atoms with Crippen LogP contribution in [0.5, 0.6) is 0 Å². The van der Waals surface area contributed by atoms with Gasteiger partial charge in [0.15, 0.2) is 0 Å². The zero-order valence-electron chi connectivity index (χ0n) is 10.2. The van der Waals surface area contributed by atoms with E-state index in [4.69, 9.17) is 17.3 Å². The zero-order chi connectivity index (χ0) is 12.1. The first-order valence-corrected chi connectivity index (χ1v) is 6.07. The van der Waals surface area contributed by atoms with E-state index in [1.807, 2.05) is 6.07 Å². The van der Waals surface area contributed by atoms with Crippen LogP contribution < -0.4 is 5.73 Å². The summed E-state index contributed by atoms with van der Waals surface area (Å²) in [6.45, 7) is 8.33.